The SMILES string of the molecule is COc1ccccc1NC(=O)Nc1nnc(N2CCCC[C@@H]2C)s1. The molecule has 0 bridgehead atoms. The summed E-state index contributed by atoms with van der Waals surface area (Å²) in [4.78, 5) is 14.4. The van der Waals surface area contributed by atoms with Crippen molar-refractivity contribution >= 4 is 33.3 Å². The third kappa shape index (κ3) is 3.76. The van der Waals surface area contributed by atoms with Crippen LogP contribution >= 0.6 is 11.3 Å². The number of hydrogen-bond acceptors (Lipinski definition) is 6. The molecule has 8 heteroatoms. The van der Waals surface area contributed by atoms with Crippen LogP contribution in [0.15, 0.2) is 24.3 Å². The zero-order chi connectivity index (χ0) is 16.9. The van der Waals surface area contributed by atoms with Crippen LogP contribution in [0.25, 0.3) is 0 Å². The Hall–Kier alpha value is -2.35. The first kappa shape index (κ1) is 16.5. The van der Waals surface area contributed by atoms with Crippen LogP contribution < -0.4 is 20.3 Å². The van der Waals surface area contributed by atoms with E-state index in [1.807, 2.05) is 12.1 Å². The molecule has 0 radical (unpaired) electrons. The summed E-state index contributed by atoms with van der Waals surface area (Å²) in [5, 5.41) is 15.1. The number of carbonyl (C=O) groups excluding carboxylic acids is 1. The molecule has 1 saturated heterocycles. The summed E-state index contributed by atoms with van der Waals surface area (Å²) in [7, 11) is 1.56. The van der Waals surface area contributed by atoms with E-state index in [2.05, 4.69) is 32.7 Å². The lowest BCUT2D eigenvalue weighted by Crippen LogP contribution is -2.37. The number of carbonyl (C=O) groups is 1. The molecule has 2 amide bonds. The van der Waals surface area contributed by atoms with E-state index in [1.54, 1.807) is 19.2 Å². The Bertz CT molecular complexity index is 705. The zero-order valence-electron chi connectivity index (χ0n) is 13.8. The van der Waals surface area contributed by atoms with Crippen molar-refractivity contribution in [1.82, 2.24) is 10.2 Å². The topological polar surface area (TPSA) is 79.4 Å². The van der Waals surface area contributed by atoms with Crippen LogP contribution in [0.5, 0.6) is 5.75 Å². The van der Waals surface area contributed by atoms with Crippen LogP contribution in [-0.2, 0) is 0 Å². The third-order valence-corrected chi connectivity index (χ3v) is 4.91. The summed E-state index contributed by atoms with van der Waals surface area (Å²) in [6.45, 7) is 3.19. The van der Waals surface area contributed by atoms with Gasteiger partial charge in [-0.3, -0.25) is 5.32 Å². The minimum absolute atomic E-state index is 0.367. The van der Waals surface area contributed by atoms with Crippen molar-refractivity contribution in [3.8, 4) is 5.75 Å². The maximum Gasteiger partial charge on any atom is 0.325 e. The van der Waals surface area contributed by atoms with Crippen molar-refractivity contribution in [3.05, 3.63) is 24.3 Å². The van der Waals surface area contributed by atoms with Crippen LogP contribution in [0, 0.1) is 0 Å². The fraction of sp³-hybridized carbons (Fsp3) is 0.438. The predicted octanol–water partition coefficient (Wildman–Crippen LogP) is 3.57. The Morgan fingerprint density at radius 1 is 1.29 bits per heavy atom. The standard InChI is InChI=1S/C16H21N5O2S/c1-11-7-5-6-10-21(11)16-20-19-15(24-16)18-14(22)17-12-8-3-4-9-13(12)23-2/h3-4,8-9,11H,5-7,10H2,1-2H3,(H2,17,18,19,22)/t11-/m0/s1. The van der Waals surface area contributed by atoms with Gasteiger partial charge in [0.25, 0.3) is 0 Å². The van der Waals surface area contributed by atoms with Crippen molar-refractivity contribution in [2.24, 2.45) is 0 Å². The molecule has 1 aromatic carbocycles. The van der Waals surface area contributed by atoms with E-state index in [4.69, 9.17) is 4.74 Å². The van der Waals surface area contributed by atoms with E-state index >= 15 is 0 Å². The lowest BCUT2D eigenvalue weighted by molar-refractivity contribution is 0.262. The van der Waals surface area contributed by atoms with Gasteiger partial charge >= 0.3 is 6.03 Å². The van der Waals surface area contributed by atoms with Crippen LogP contribution in [-0.4, -0.2) is 35.9 Å². The van der Waals surface area contributed by atoms with Crippen molar-refractivity contribution in [1.29, 1.82) is 0 Å². The van der Waals surface area contributed by atoms with E-state index in [1.165, 1.54) is 24.2 Å². The summed E-state index contributed by atoms with van der Waals surface area (Å²) in [6, 6.07) is 7.34. The Balaban J connectivity index is 1.63. The minimum atomic E-state index is -0.367. The Kier molecular flexibility index (Phi) is 5.14. The molecule has 1 fully saturated rings. The van der Waals surface area contributed by atoms with E-state index in [0.29, 0.717) is 22.6 Å². The summed E-state index contributed by atoms with van der Waals surface area (Å²) < 4.78 is 5.22. The molecule has 0 unspecified atom stereocenters. The number of rotatable bonds is 4. The molecule has 1 atom stereocenters. The number of hydrogen-bond donors (Lipinski definition) is 2. The van der Waals surface area contributed by atoms with Crippen LogP contribution in [0.1, 0.15) is 26.2 Å². The number of amides is 2. The van der Waals surface area contributed by atoms with Crippen molar-refractivity contribution in [3.63, 3.8) is 0 Å². The number of methoxy groups -OCH3 is 1. The molecule has 1 aliphatic heterocycles. The molecule has 0 spiro atoms. The highest BCUT2D eigenvalue weighted by atomic mass is 32.1. The van der Waals surface area contributed by atoms with Crippen LogP contribution in [0.3, 0.4) is 0 Å². The normalized spacial score (nSPS) is 17.4. The summed E-state index contributed by atoms with van der Waals surface area (Å²) >= 11 is 1.39. The first-order valence-corrected chi connectivity index (χ1v) is 8.80. The highest BCUT2D eigenvalue weighted by molar-refractivity contribution is 7.19. The number of anilines is 3. The van der Waals surface area contributed by atoms with Gasteiger partial charge in [0.1, 0.15) is 5.75 Å². The molecule has 1 aliphatic rings. The van der Waals surface area contributed by atoms with Crippen molar-refractivity contribution in [2.45, 2.75) is 32.2 Å². The fourth-order valence-corrected chi connectivity index (χ4v) is 3.63. The van der Waals surface area contributed by atoms with E-state index in [-0.39, 0.29) is 6.03 Å². The van der Waals surface area contributed by atoms with Gasteiger partial charge in [0.2, 0.25) is 10.3 Å². The molecule has 2 heterocycles. The van der Waals surface area contributed by atoms with E-state index in [9.17, 15) is 4.79 Å². The number of nitrogens with zero attached hydrogens (tertiary/aromatic N) is 3. The lowest BCUT2D eigenvalue weighted by Gasteiger charge is -2.32. The second-order valence-electron chi connectivity index (χ2n) is 5.71. The monoisotopic (exact) mass is 347 g/mol. The molecular formula is C16H21N5O2S. The van der Waals surface area contributed by atoms with Crippen LogP contribution in [0.2, 0.25) is 0 Å². The molecular weight excluding hydrogens is 326 g/mol. The smallest absolute Gasteiger partial charge is 0.325 e. The fourth-order valence-electron chi connectivity index (χ4n) is 2.76. The van der Waals surface area contributed by atoms with Gasteiger partial charge < -0.3 is 15.0 Å². The van der Waals surface area contributed by atoms with Gasteiger partial charge in [0.05, 0.1) is 12.8 Å². The van der Waals surface area contributed by atoms with Gasteiger partial charge in [-0.25, -0.2) is 4.79 Å². The maximum atomic E-state index is 12.1. The average molecular weight is 347 g/mol. The largest absolute Gasteiger partial charge is 0.495 e. The maximum absolute atomic E-state index is 12.1. The molecule has 0 saturated carbocycles. The highest BCUT2D eigenvalue weighted by Crippen LogP contribution is 2.30. The molecule has 24 heavy (non-hydrogen) atoms. The Morgan fingerprint density at radius 3 is 2.92 bits per heavy atom. The predicted molar refractivity (Wildman–Crippen MR) is 96.2 cm³/mol. The second kappa shape index (κ2) is 7.48. The van der Waals surface area contributed by atoms with Gasteiger partial charge in [0, 0.05) is 12.6 Å². The molecule has 3 rings (SSSR count). The second-order valence-corrected chi connectivity index (χ2v) is 6.66. The van der Waals surface area contributed by atoms with Gasteiger partial charge in [-0.15, -0.1) is 10.2 Å². The number of para-hydroxylation sites is 2. The minimum Gasteiger partial charge on any atom is -0.495 e. The number of benzene rings is 1. The van der Waals surface area contributed by atoms with E-state index < -0.39 is 0 Å². The molecule has 1 aromatic heterocycles. The number of piperidine rings is 1. The molecule has 2 N–H and O–H groups in total. The molecule has 0 aliphatic carbocycles. The highest BCUT2D eigenvalue weighted by Gasteiger charge is 2.22. The van der Waals surface area contributed by atoms with Gasteiger partial charge in [-0.2, -0.15) is 0 Å². The lowest BCUT2D eigenvalue weighted by atomic mass is 10.1. The molecule has 7 nitrogen and oxygen atoms in total. The number of nitrogens with one attached hydrogen (secondary N) is 2. The summed E-state index contributed by atoms with van der Waals surface area (Å²) in [6.07, 6.45) is 3.58. The Morgan fingerprint density at radius 2 is 2.12 bits per heavy atom. The van der Waals surface area contributed by atoms with Crippen LogP contribution in [0.4, 0.5) is 20.7 Å². The third-order valence-electron chi connectivity index (χ3n) is 4.04. The summed E-state index contributed by atoms with van der Waals surface area (Å²) in [5.74, 6) is 0.604. The van der Waals surface area contributed by atoms with Gasteiger partial charge in [0.15, 0.2) is 0 Å². The number of aromatic nitrogens is 2. The average Bonchev–Trinajstić information content (AvgIpc) is 3.04. The quantitative estimate of drug-likeness (QED) is 0.884. The molecule has 128 valence electrons. The number of ether oxygens (including phenoxy) is 1. The van der Waals surface area contributed by atoms with Crippen molar-refractivity contribution in [2.75, 3.05) is 29.2 Å². The first-order valence-electron chi connectivity index (χ1n) is 7.98. The zero-order valence-corrected chi connectivity index (χ0v) is 14.6. The Labute approximate surface area is 145 Å². The van der Waals surface area contributed by atoms with Gasteiger partial charge in [-0.1, -0.05) is 23.5 Å². The first-order chi connectivity index (χ1) is 11.7. The van der Waals surface area contributed by atoms with E-state index in [0.717, 1.165) is 18.1 Å². The summed E-state index contributed by atoms with van der Waals surface area (Å²) in [5.41, 5.74) is 0.604. The van der Waals surface area contributed by atoms with Gasteiger partial charge in [-0.05, 0) is 38.3 Å². The molecule has 2 aromatic rings. The van der Waals surface area contributed by atoms with Crippen molar-refractivity contribution < 1.29 is 9.53 Å². The number of urea groups is 1.